The smallest absolute Gasteiger partial charge is 0.164 e. The molecule has 0 N–H and O–H groups in total. The van der Waals surface area contributed by atoms with Crippen LogP contribution < -0.4 is 0 Å². The minimum absolute atomic E-state index is 0.655. The molecular weight excluding hydrogens is 629 g/mol. The number of fused-ring (bicyclic) bond motifs is 6. The molecule has 3 heterocycles. The van der Waals surface area contributed by atoms with Crippen LogP contribution in [0.2, 0.25) is 0 Å². The number of benzene rings is 6. The van der Waals surface area contributed by atoms with Gasteiger partial charge in [0, 0.05) is 59.2 Å². The van der Waals surface area contributed by atoms with Crippen molar-refractivity contribution >= 4 is 48.5 Å². The summed E-state index contributed by atoms with van der Waals surface area (Å²) in [5.41, 5.74) is 10.3. The molecule has 0 saturated carbocycles. The molecule has 50 heavy (non-hydrogen) atoms. The summed E-state index contributed by atoms with van der Waals surface area (Å²) in [4.78, 5) is 15.0. The van der Waals surface area contributed by atoms with Crippen molar-refractivity contribution in [3.05, 3.63) is 163 Å². The van der Waals surface area contributed by atoms with Gasteiger partial charge in [0.2, 0.25) is 0 Å². The van der Waals surface area contributed by atoms with Crippen molar-refractivity contribution in [3.63, 3.8) is 0 Å². The first-order chi connectivity index (χ1) is 24.8. The van der Waals surface area contributed by atoms with Crippen LogP contribution in [0.15, 0.2) is 152 Å². The van der Waals surface area contributed by atoms with Gasteiger partial charge in [-0.15, -0.1) is 11.3 Å². The van der Waals surface area contributed by atoms with E-state index in [0.717, 1.165) is 35.2 Å². The fourth-order valence-electron chi connectivity index (χ4n) is 7.38. The third-order valence-corrected chi connectivity index (χ3v) is 10.9. The highest BCUT2D eigenvalue weighted by Gasteiger charge is 2.21. The summed E-state index contributed by atoms with van der Waals surface area (Å²) in [5, 5.41) is 3.91. The first kappa shape index (κ1) is 28.8. The van der Waals surface area contributed by atoms with E-state index in [-0.39, 0.29) is 0 Å². The van der Waals surface area contributed by atoms with E-state index in [0.29, 0.717) is 17.5 Å². The number of thiophene rings is 1. The molecule has 5 heteroatoms. The Morgan fingerprint density at radius 3 is 1.96 bits per heavy atom. The van der Waals surface area contributed by atoms with Crippen LogP contribution in [0.1, 0.15) is 17.7 Å². The van der Waals surface area contributed by atoms with Crippen LogP contribution in [0.25, 0.3) is 88.1 Å². The second kappa shape index (κ2) is 11.8. The average molecular weight is 659 g/mol. The third-order valence-electron chi connectivity index (χ3n) is 9.72. The van der Waals surface area contributed by atoms with E-state index < -0.39 is 0 Å². The Morgan fingerprint density at radius 2 is 1.18 bits per heavy atom. The van der Waals surface area contributed by atoms with Gasteiger partial charge in [-0.2, -0.15) is 0 Å². The number of rotatable bonds is 5. The van der Waals surface area contributed by atoms with Crippen molar-refractivity contribution in [2.45, 2.75) is 12.8 Å². The first-order valence-electron chi connectivity index (χ1n) is 17.0. The first-order valence-corrected chi connectivity index (χ1v) is 17.8. The largest absolute Gasteiger partial charge is 0.313 e. The van der Waals surface area contributed by atoms with E-state index in [2.05, 4.69) is 102 Å². The lowest BCUT2D eigenvalue weighted by molar-refractivity contribution is 0.888. The van der Waals surface area contributed by atoms with Crippen molar-refractivity contribution in [1.82, 2.24) is 19.5 Å². The molecule has 6 aromatic carbocycles. The van der Waals surface area contributed by atoms with Crippen LogP contribution in [0.3, 0.4) is 0 Å². The summed E-state index contributed by atoms with van der Waals surface area (Å²) in [6.07, 6.45) is 6.60. The zero-order chi connectivity index (χ0) is 33.0. The number of hydrogen-bond acceptors (Lipinski definition) is 4. The average Bonchev–Trinajstić information content (AvgIpc) is 3.74. The molecule has 0 spiro atoms. The molecule has 0 radical (unpaired) electrons. The van der Waals surface area contributed by atoms with E-state index in [1.165, 1.54) is 53.5 Å². The molecular formula is C45H30N4S. The molecule has 0 atom stereocenters. The maximum absolute atomic E-state index is 5.03. The van der Waals surface area contributed by atoms with Gasteiger partial charge < -0.3 is 4.57 Å². The van der Waals surface area contributed by atoms with E-state index in [1.54, 1.807) is 0 Å². The summed E-state index contributed by atoms with van der Waals surface area (Å²) in [5.74, 6) is 1.98. The summed E-state index contributed by atoms with van der Waals surface area (Å²) in [7, 11) is 0. The highest BCUT2D eigenvalue weighted by atomic mass is 32.1. The van der Waals surface area contributed by atoms with Crippen molar-refractivity contribution in [3.8, 4) is 51.0 Å². The number of hydrogen-bond donors (Lipinski definition) is 0. The summed E-state index contributed by atoms with van der Waals surface area (Å²) in [6, 6.07) is 51.4. The molecule has 9 aromatic rings. The Bertz CT molecular complexity index is 2700. The van der Waals surface area contributed by atoms with Gasteiger partial charge in [-0.3, -0.25) is 0 Å². The second-order valence-corrected chi connectivity index (χ2v) is 13.8. The molecule has 0 saturated heterocycles. The molecule has 0 unspecified atom stereocenters. The summed E-state index contributed by atoms with van der Waals surface area (Å²) >= 11 is 1.88. The SMILES string of the molecule is C1=Cc2c(n(-c3cccc(-c4nc(-c5ccccc5)nc(-c5ccccc5)n4)c3)c3cc(-c4cccc5c4sc4ccccc45)ccc23)CC1. The van der Waals surface area contributed by atoms with Gasteiger partial charge in [-0.05, 0) is 48.2 Å². The van der Waals surface area contributed by atoms with Crippen LogP contribution in [-0.2, 0) is 6.42 Å². The lowest BCUT2D eigenvalue weighted by Gasteiger charge is -2.15. The number of allylic oxidation sites excluding steroid dienone is 1. The maximum Gasteiger partial charge on any atom is 0.164 e. The van der Waals surface area contributed by atoms with Gasteiger partial charge in [0.05, 0.1) is 5.52 Å². The normalized spacial score (nSPS) is 12.6. The molecule has 3 aromatic heterocycles. The van der Waals surface area contributed by atoms with E-state index in [4.69, 9.17) is 15.0 Å². The zero-order valence-electron chi connectivity index (χ0n) is 27.1. The van der Waals surface area contributed by atoms with Gasteiger partial charge in [0.15, 0.2) is 17.5 Å². The second-order valence-electron chi connectivity index (χ2n) is 12.7. The van der Waals surface area contributed by atoms with Gasteiger partial charge in [-0.1, -0.05) is 133 Å². The van der Waals surface area contributed by atoms with Crippen molar-refractivity contribution in [2.75, 3.05) is 0 Å². The lowest BCUT2D eigenvalue weighted by Crippen LogP contribution is -2.04. The standard InChI is InChI=1S/C45H30N4S/c1-3-13-29(14-4-1)43-46-44(30-15-5-2-6-16-30)48-45(47-43)32-17-11-18-33(27-32)49-39-23-9-7-19-35(39)36-26-25-31(28-40(36)49)34-21-12-22-38-37-20-8-10-24-41(37)50-42(34)38/h1-8,10-22,24-28H,9,23H2. The maximum atomic E-state index is 5.03. The Labute approximate surface area is 293 Å². The van der Waals surface area contributed by atoms with Crippen LogP contribution in [0.5, 0.6) is 0 Å². The molecule has 0 bridgehead atoms. The molecule has 0 fully saturated rings. The van der Waals surface area contributed by atoms with Crippen molar-refractivity contribution < 1.29 is 0 Å². The Morgan fingerprint density at radius 1 is 0.520 bits per heavy atom. The lowest BCUT2D eigenvalue weighted by atomic mass is 9.99. The van der Waals surface area contributed by atoms with E-state index >= 15 is 0 Å². The van der Waals surface area contributed by atoms with Gasteiger partial charge in [-0.25, -0.2) is 15.0 Å². The van der Waals surface area contributed by atoms with Crippen molar-refractivity contribution in [2.24, 2.45) is 0 Å². The number of nitrogens with zero attached hydrogens (tertiary/aromatic N) is 4. The fourth-order valence-corrected chi connectivity index (χ4v) is 8.62. The summed E-state index contributed by atoms with van der Waals surface area (Å²) < 4.78 is 5.11. The Balaban J connectivity index is 1.16. The van der Waals surface area contributed by atoms with Crippen LogP contribution in [0.4, 0.5) is 0 Å². The molecule has 1 aliphatic rings. The van der Waals surface area contributed by atoms with E-state index in [1.807, 2.05) is 72.0 Å². The third kappa shape index (κ3) is 4.78. The monoisotopic (exact) mass is 658 g/mol. The molecule has 1 aliphatic carbocycles. The zero-order valence-corrected chi connectivity index (χ0v) is 27.9. The van der Waals surface area contributed by atoms with Crippen LogP contribution >= 0.6 is 11.3 Å². The minimum Gasteiger partial charge on any atom is -0.313 e. The Kier molecular flexibility index (Phi) is 6.78. The molecule has 0 aliphatic heterocycles. The topological polar surface area (TPSA) is 43.6 Å². The minimum atomic E-state index is 0.655. The predicted molar refractivity (Wildman–Crippen MR) is 209 cm³/mol. The Hall–Kier alpha value is -6.17. The molecule has 10 rings (SSSR count). The molecule has 236 valence electrons. The van der Waals surface area contributed by atoms with Crippen molar-refractivity contribution in [1.29, 1.82) is 0 Å². The highest BCUT2D eigenvalue weighted by molar-refractivity contribution is 7.26. The number of aromatic nitrogens is 4. The van der Waals surface area contributed by atoms with Crippen LogP contribution in [-0.4, -0.2) is 19.5 Å². The van der Waals surface area contributed by atoms with Gasteiger partial charge in [0.1, 0.15) is 0 Å². The van der Waals surface area contributed by atoms with E-state index in [9.17, 15) is 0 Å². The van der Waals surface area contributed by atoms with Gasteiger partial charge in [0.25, 0.3) is 0 Å². The van der Waals surface area contributed by atoms with Crippen LogP contribution in [0, 0.1) is 0 Å². The predicted octanol–water partition coefficient (Wildman–Crippen LogP) is 11.8. The quantitative estimate of drug-likeness (QED) is 0.185. The summed E-state index contributed by atoms with van der Waals surface area (Å²) in [6.45, 7) is 0. The highest BCUT2D eigenvalue weighted by Crippen LogP contribution is 2.42. The fraction of sp³-hybridized carbons (Fsp3) is 0.0444. The molecule has 4 nitrogen and oxygen atoms in total. The molecule has 0 amide bonds. The van der Waals surface area contributed by atoms with Gasteiger partial charge >= 0.3 is 0 Å².